The van der Waals surface area contributed by atoms with Crippen molar-refractivity contribution in [2.75, 3.05) is 26.1 Å². The zero-order valence-corrected chi connectivity index (χ0v) is 14.4. The van der Waals surface area contributed by atoms with Crippen molar-refractivity contribution in [3.63, 3.8) is 0 Å². The highest BCUT2D eigenvalue weighted by Gasteiger charge is 2.22. The van der Waals surface area contributed by atoms with Crippen LogP contribution in [0, 0.1) is 0 Å². The molecule has 7 nitrogen and oxygen atoms in total. The van der Waals surface area contributed by atoms with Crippen molar-refractivity contribution >= 4 is 11.9 Å². The molecule has 2 N–H and O–H groups in total. The minimum absolute atomic E-state index is 0.207. The van der Waals surface area contributed by atoms with Crippen LogP contribution >= 0.6 is 0 Å². The lowest BCUT2D eigenvalue weighted by Gasteiger charge is -2.10. The topological polar surface area (TPSA) is 85.4 Å². The van der Waals surface area contributed by atoms with Gasteiger partial charge in [-0.2, -0.15) is 0 Å². The molecule has 25 heavy (non-hydrogen) atoms. The van der Waals surface area contributed by atoms with Crippen LogP contribution in [0.1, 0.15) is 28.9 Å². The number of anilines is 1. The molecule has 0 saturated heterocycles. The van der Waals surface area contributed by atoms with Crippen molar-refractivity contribution in [1.29, 1.82) is 0 Å². The molecule has 2 aromatic rings. The fourth-order valence-corrected chi connectivity index (χ4v) is 2.41. The molecule has 1 aromatic carbocycles. The molecule has 132 valence electrons. The van der Waals surface area contributed by atoms with Crippen LogP contribution in [0.5, 0.6) is 11.5 Å². The van der Waals surface area contributed by atoms with Gasteiger partial charge in [0.2, 0.25) is 5.95 Å². The lowest BCUT2D eigenvalue weighted by atomic mass is 10.1. The van der Waals surface area contributed by atoms with Crippen LogP contribution in [0.3, 0.4) is 0 Å². The highest BCUT2D eigenvalue weighted by Crippen LogP contribution is 2.27. The van der Waals surface area contributed by atoms with Crippen LogP contribution in [0.25, 0.3) is 0 Å². The van der Waals surface area contributed by atoms with Gasteiger partial charge < -0.3 is 20.1 Å². The Morgan fingerprint density at radius 1 is 1.20 bits per heavy atom. The average molecular weight is 342 g/mol. The molecule has 1 heterocycles. The van der Waals surface area contributed by atoms with Gasteiger partial charge in [0.1, 0.15) is 5.69 Å². The number of rotatable bonds is 8. The number of carbonyl (C=O) groups excluding carboxylic acids is 1. The number of hydrogen-bond acceptors (Lipinski definition) is 6. The third kappa shape index (κ3) is 4.59. The highest BCUT2D eigenvalue weighted by molar-refractivity contribution is 5.92. The van der Waals surface area contributed by atoms with Crippen molar-refractivity contribution in [2.45, 2.75) is 25.3 Å². The van der Waals surface area contributed by atoms with Crippen LogP contribution in [-0.4, -0.2) is 42.7 Å². The molecule has 3 rings (SSSR count). The molecule has 1 fully saturated rings. The van der Waals surface area contributed by atoms with E-state index in [9.17, 15) is 4.79 Å². The smallest absolute Gasteiger partial charge is 0.270 e. The summed E-state index contributed by atoms with van der Waals surface area (Å²) in [4.78, 5) is 20.6. The maximum absolute atomic E-state index is 12.2. The highest BCUT2D eigenvalue weighted by atomic mass is 16.5. The van der Waals surface area contributed by atoms with Crippen LogP contribution in [0.2, 0.25) is 0 Å². The number of amides is 1. The SMILES string of the molecule is COc1ccc(CCNC(=O)c2ccnc(NC3CC3)n2)cc1OC. The number of hydrogen-bond donors (Lipinski definition) is 2. The summed E-state index contributed by atoms with van der Waals surface area (Å²) >= 11 is 0. The first-order chi connectivity index (χ1) is 12.2. The predicted molar refractivity (Wildman–Crippen MR) is 94.3 cm³/mol. The van der Waals surface area contributed by atoms with Gasteiger partial charge >= 0.3 is 0 Å². The summed E-state index contributed by atoms with van der Waals surface area (Å²) in [6, 6.07) is 7.78. The molecule has 0 atom stereocenters. The molecule has 0 spiro atoms. The van der Waals surface area contributed by atoms with Crippen LogP contribution < -0.4 is 20.1 Å². The van der Waals surface area contributed by atoms with E-state index in [0.717, 1.165) is 18.4 Å². The van der Waals surface area contributed by atoms with E-state index in [1.54, 1.807) is 26.5 Å². The number of nitrogens with zero attached hydrogens (tertiary/aromatic N) is 2. The van der Waals surface area contributed by atoms with Gasteiger partial charge in [0, 0.05) is 18.8 Å². The van der Waals surface area contributed by atoms with E-state index in [2.05, 4.69) is 20.6 Å². The minimum atomic E-state index is -0.207. The Bertz CT molecular complexity index is 747. The van der Waals surface area contributed by atoms with E-state index < -0.39 is 0 Å². The Hall–Kier alpha value is -2.83. The molecule has 1 aliphatic carbocycles. The second-order valence-corrected chi connectivity index (χ2v) is 5.88. The standard InChI is InChI=1S/C18H22N4O3/c1-24-15-6-3-12(11-16(15)25-2)7-9-19-17(23)14-8-10-20-18(22-14)21-13-4-5-13/h3,6,8,10-11,13H,4-5,7,9H2,1-2H3,(H,19,23)(H,20,21,22). The molecular weight excluding hydrogens is 320 g/mol. The Balaban J connectivity index is 1.54. The number of carbonyl (C=O) groups is 1. The second kappa shape index (κ2) is 7.83. The quantitative estimate of drug-likeness (QED) is 0.764. The Morgan fingerprint density at radius 2 is 2.00 bits per heavy atom. The largest absolute Gasteiger partial charge is 0.493 e. The molecule has 1 amide bonds. The van der Waals surface area contributed by atoms with Crippen LogP contribution in [0.15, 0.2) is 30.5 Å². The number of benzene rings is 1. The lowest BCUT2D eigenvalue weighted by Crippen LogP contribution is -2.27. The summed E-state index contributed by atoms with van der Waals surface area (Å²) in [5.74, 6) is 1.67. The molecule has 0 unspecified atom stereocenters. The summed E-state index contributed by atoms with van der Waals surface area (Å²) in [6.45, 7) is 0.504. The van der Waals surface area contributed by atoms with Gasteiger partial charge in [-0.05, 0) is 43.0 Å². The molecule has 1 aromatic heterocycles. The summed E-state index contributed by atoms with van der Waals surface area (Å²) < 4.78 is 10.5. The van der Waals surface area contributed by atoms with Crippen LogP contribution in [-0.2, 0) is 6.42 Å². The molecule has 7 heteroatoms. The van der Waals surface area contributed by atoms with E-state index in [4.69, 9.17) is 9.47 Å². The number of aromatic nitrogens is 2. The molecule has 0 bridgehead atoms. The molecule has 1 aliphatic rings. The van der Waals surface area contributed by atoms with E-state index >= 15 is 0 Å². The Kier molecular flexibility index (Phi) is 5.33. The van der Waals surface area contributed by atoms with Crippen molar-refractivity contribution in [1.82, 2.24) is 15.3 Å². The van der Waals surface area contributed by atoms with Gasteiger partial charge in [0.15, 0.2) is 11.5 Å². The fourth-order valence-electron chi connectivity index (χ4n) is 2.41. The zero-order valence-electron chi connectivity index (χ0n) is 14.4. The molecule has 0 aliphatic heterocycles. The Morgan fingerprint density at radius 3 is 2.72 bits per heavy atom. The lowest BCUT2D eigenvalue weighted by molar-refractivity contribution is 0.0949. The van der Waals surface area contributed by atoms with Gasteiger partial charge in [-0.3, -0.25) is 4.79 Å². The van der Waals surface area contributed by atoms with E-state index in [1.807, 2.05) is 18.2 Å². The first kappa shape index (κ1) is 17.0. The fraction of sp³-hybridized carbons (Fsp3) is 0.389. The summed E-state index contributed by atoms with van der Waals surface area (Å²) in [6.07, 6.45) is 4.54. The monoisotopic (exact) mass is 342 g/mol. The maximum Gasteiger partial charge on any atom is 0.270 e. The summed E-state index contributed by atoms with van der Waals surface area (Å²) in [5, 5.41) is 6.07. The number of ether oxygens (including phenoxy) is 2. The average Bonchev–Trinajstić information content (AvgIpc) is 3.45. The minimum Gasteiger partial charge on any atom is -0.493 e. The third-order valence-corrected chi connectivity index (χ3v) is 3.95. The molecular formula is C18H22N4O3. The number of nitrogens with one attached hydrogen (secondary N) is 2. The molecule has 1 saturated carbocycles. The van der Waals surface area contributed by atoms with E-state index in [-0.39, 0.29) is 5.91 Å². The van der Waals surface area contributed by atoms with Gasteiger partial charge in [-0.25, -0.2) is 9.97 Å². The zero-order chi connectivity index (χ0) is 17.6. The van der Waals surface area contributed by atoms with Gasteiger partial charge in [-0.15, -0.1) is 0 Å². The van der Waals surface area contributed by atoms with Gasteiger partial charge in [0.25, 0.3) is 5.91 Å². The van der Waals surface area contributed by atoms with Crippen LogP contribution in [0.4, 0.5) is 5.95 Å². The van der Waals surface area contributed by atoms with Crippen molar-refractivity contribution < 1.29 is 14.3 Å². The predicted octanol–water partition coefficient (Wildman–Crippen LogP) is 2.04. The third-order valence-electron chi connectivity index (χ3n) is 3.95. The van der Waals surface area contributed by atoms with E-state index in [0.29, 0.717) is 42.1 Å². The summed E-state index contributed by atoms with van der Waals surface area (Å²) in [5.41, 5.74) is 1.42. The van der Waals surface area contributed by atoms with E-state index in [1.165, 1.54) is 0 Å². The summed E-state index contributed by atoms with van der Waals surface area (Å²) in [7, 11) is 3.21. The first-order valence-electron chi connectivity index (χ1n) is 8.28. The maximum atomic E-state index is 12.2. The molecule has 0 radical (unpaired) electrons. The van der Waals surface area contributed by atoms with Gasteiger partial charge in [0.05, 0.1) is 14.2 Å². The normalized spacial score (nSPS) is 13.2. The first-order valence-corrected chi connectivity index (χ1v) is 8.28. The Labute approximate surface area is 146 Å². The van der Waals surface area contributed by atoms with Crippen molar-refractivity contribution in [3.05, 3.63) is 41.7 Å². The second-order valence-electron chi connectivity index (χ2n) is 5.88. The van der Waals surface area contributed by atoms with Crippen molar-refractivity contribution in [3.8, 4) is 11.5 Å². The number of methoxy groups -OCH3 is 2. The van der Waals surface area contributed by atoms with Crippen molar-refractivity contribution in [2.24, 2.45) is 0 Å². The van der Waals surface area contributed by atoms with Gasteiger partial charge in [-0.1, -0.05) is 6.07 Å².